The number of rotatable bonds is 16. The highest BCUT2D eigenvalue weighted by atomic mass is 32.2. The molecule has 10 aromatic rings. The van der Waals surface area contributed by atoms with Crippen molar-refractivity contribution < 1.29 is 34.2 Å². The van der Waals surface area contributed by atoms with Gasteiger partial charge in [-0.05, 0) is 123 Å². The SMILES string of the molecule is CCn1nnnc1Sc1cc(C(=O)Nc2ccccc2C)c(O)c2ccccc12.COc1ccc(Cn2nnnc2SCc2ccc(Oc3cc(C(=O)Nc4ccccc4C)c(O)c4ccccc34)c([N+](=O)[O-])c2)cc1. The van der Waals surface area contributed by atoms with Crippen molar-refractivity contribution in [2.45, 2.75) is 54.8 Å². The number of methoxy groups -OCH3 is 1. The number of anilines is 2. The van der Waals surface area contributed by atoms with Crippen molar-refractivity contribution in [2.24, 2.45) is 0 Å². The number of aromatic hydroxyl groups is 2. The molecule has 382 valence electrons. The monoisotopic (exact) mass is 1050 g/mol. The molecule has 2 aromatic heterocycles. The average Bonchev–Trinajstić information content (AvgIpc) is 4.10. The number of hydrogen-bond donors (Lipinski definition) is 4. The smallest absolute Gasteiger partial charge is 0.311 e. The van der Waals surface area contributed by atoms with Crippen molar-refractivity contribution in [1.29, 1.82) is 0 Å². The molecule has 0 spiro atoms. The lowest BCUT2D eigenvalue weighted by molar-refractivity contribution is -0.385. The summed E-state index contributed by atoms with van der Waals surface area (Å²) in [5, 5.41) is 66.9. The van der Waals surface area contributed by atoms with Crippen LogP contribution in [0.1, 0.15) is 49.9 Å². The minimum atomic E-state index is -0.552. The second-order valence-electron chi connectivity index (χ2n) is 17.0. The highest BCUT2D eigenvalue weighted by Crippen LogP contribution is 2.42. The van der Waals surface area contributed by atoms with Crippen molar-refractivity contribution in [1.82, 2.24) is 40.4 Å². The van der Waals surface area contributed by atoms with Crippen LogP contribution in [0, 0.1) is 24.0 Å². The average molecular weight is 1050 g/mol. The lowest BCUT2D eigenvalue weighted by Crippen LogP contribution is -2.13. The number of fused-ring (bicyclic) bond motifs is 2. The first-order valence-corrected chi connectivity index (χ1v) is 25.3. The molecule has 0 aliphatic heterocycles. The molecule has 10 rings (SSSR count). The van der Waals surface area contributed by atoms with Gasteiger partial charge in [-0.3, -0.25) is 19.7 Å². The zero-order chi connectivity index (χ0) is 53.3. The summed E-state index contributed by atoms with van der Waals surface area (Å²) in [6, 6.07) is 44.3. The van der Waals surface area contributed by atoms with Crippen LogP contribution in [0.5, 0.6) is 28.7 Å². The van der Waals surface area contributed by atoms with Gasteiger partial charge in [0.1, 0.15) is 23.0 Å². The second-order valence-corrected chi connectivity index (χ2v) is 18.9. The van der Waals surface area contributed by atoms with Crippen LogP contribution in [0.15, 0.2) is 167 Å². The number of aryl methyl sites for hydroxylation is 3. The molecular formula is C55H47N11O8S2. The Morgan fingerprint density at radius 3 is 1.79 bits per heavy atom. The number of nitrogens with one attached hydrogen (secondary N) is 2. The number of ether oxygens (including phenoxy) is 2. The van der Waals surface area contributed by atoms with Crippen LogP contribution in [0.2, 0.25) is 0 Å². The number of aromatic nitrogens is 8. The van der Waals surface area contributed by atoms with Crippen molar-refractivity contribution in [3.05, 3.63) is 195 Å². The van der Waals surface area contributed by atoms with Crippen LogP contribution in [-0.2, 0) is 18.8 Å². The number of carbonyl (C=O) groups excluding carboxylic acids is 2. The summed E-state index contributed by atoms with van der Waals surface area (Å²) in [5.41, 5.74) is 4.62. The number of phenols is 2. The molecule has 76 heavy (non-hydrogen) atoms. The largest absolute Gasteiger partial charge is 0.506 e. The van der Waals surface area contributed by atoms with Gasteiger partial charge in [0.25, 0.3) is 11.8 Å². The summed E-state index contributed by atoms with van der Waals surface area (Å²) < 4.78 is 14.7. The zero-order valence-corrected chi connectivity index (χ0v) is 42.9. The standard InChI is InChI=1S/C34H28N6O6S.C21H19N5O2S/c1-21-7-3-6-10-28(21)35-33(42)27-18-31(25-8-4-5-9-26(25)32(27)41)46-30-16-13-23(17-29(30)40(43)44)20-47-34-36-37-38-39(34)19-22-11-14-24(45-2)15-12-22;1-3-26-21(23-24-25-26)29-18-12-16(19(27)15-10-6-5-9-14(15)18)20(28)22-17-11-7-4-8-13(17)2/h3-18,41H,19-20H2,1-2H3,(H,35,42);4-12,27H,3H2,1-2H3,(H,22,28). The van der Waals surface area contributed by atoms with E-state index in [1.165, 1.54) is 41.7 Å². The summed E-state index contributed by atoms with van der Waals surface area (Å²) in [6.07, 6.45) is 0. The Bertz CT molecular complexity index is 3780. The molecule has 0 aliphatic carbocycles. The number of phenolic OH excluding ortho intramolecular Hbond substituents is 2. The minimum Gasteiger partial charge on any atom is -0.506 e. The Morgan fingerprint density at radius 2 is 1.18 bits per heavy atom. The van der Waals surface area contributed by atoms with Crippen molar-refractivity contribution in [3.8, 4) is 28.7 Å². The number of nitro groups is 1. The lowest BCUT2D eigenvalue weighted by Gasteiger charge is -2.15. The molecule has 2 heterocycles. The number of tetrazole rings is 2. The van der Waals surface area contributed by atoms with E-state index < -0.39 is 10.8 Å². The quantitative estimate of drug-likeness (QED) is 0.0399. The number of nitrogens with zero attached hydrogens (tertiary/aromatic N) is 9. The number of benzene rings is 8. The van der Waals surface area contributed by atoms with Crippen LogP contribution < -0.4 is 20.1 Å². The van der Waals surface area contributed by atoms with E-state index in [-0.39, 0.29) is 45.7 Å². The molecule has 19 nitrogen and oxygen atoms in total. The molecule has 0 atom stereocenters. The highest BCUT2D eigenvalue weighted by Gasteiger charge is 2.24. The van der Waals surface area contributed by atoms with Gasteiger partial charge in [-0.15, -0.1) is 10.2 Å². The highest BCUT2D eigenvalue weighted by molar-refractivity contribution is 7.99. The third-order valence-corrected chi connectivity index (χ3v) is 14.1. The Hall–Kier alpha value is -9.34. The van der Waals surface area contributed by atoms with Gasteiger partial charge >= 0.3 is 5.69 Å². The number of carbonyl (C=O) groups is 2. The van der Waals surface area contributed by atoms with E-state index in [0.29, 0.717) is 62.3 Å². The van der Waals surface area contributed by atoms with Gasteiger partial charge in [-0.25, -0.2) is 9.36 Å². The minimum absolute atomic E-state index is 0.0193. The van der Waals surface area contributed by atoms with Crippen LogP contribution in [-0.4, -0.2) is 74.5 Å². The summed E-state index contributed by atoms with van der Waals surface area (Å²) in [6.45, 7) is 6.80. The van der Waals surface area contributed by atoms with Gasteiger partial charge in [-0.2, -0.15) is 0 Å². The summed E-state index contributed by atoms with van der Waals surface area (Å²) in [7, 11) is 1.61. The van der Waals surface area contributed by atoms with Gasteiger partial charge in [0, 0.05) is 50.8 Å². The van der Waals surface area contributed by atoms with Crippen LogP contribution in [0.25, 0.3) is 21.5 Å². The molecule has 2 amide bonds. The predicted octanol–water partition coefficient (Wildman–Crippen LogP) is 11.4. The number of para-hydroxylation sites is 2. The van der Waals surface area contributed by atoms with Crippen molar-refractivity contribution >= 4 is 73.9 Å². The third-order valence-electron chi connectivity index (χ3n) is 12.0. The second kappa shape index (κ2) is 23.3. The molecule has 8 aromatic carbocycles. The van der Waals surface area contributed by atoms with E-state index in [9.17, 15) is 29.9 Å². The van der Waals surface area contributed by atoms with Crippen LogP contribution in [0.4, 0.5) is 17.1 Å². The summed E-state index contributed by atoms with van der Waals surface area (Å²) >= 11 is 2.70. The Labute approximate surface area is 443 Å². The Balaban J connectivity index is 0.000000208. The molecular weight excluding hydrogens is 1010 g/mol. The normalized spacial score (nSPS) is 10.9. The first-order chi connectivity index (χ1) is 36.9. The fraction of sp³-hybridized carbons (Fsp3) is 0.127. The fourth-order valence-corrected chi connectivity index (χ4v) is 9.82. The number of nitro benzene ring substituents is 1. The molecule has 0 radical (unpaired) electrons. The van der Waals surface area contributed by atoms with Gasteiger partial charge in [0.15, 0.2) is 0 Å². The van der Waals surface area contributed by atoms with Gasteiger partial charge in [0.05, 0.1) is 29.7 Å². The molecule has 21 heteroatoms. The maximum Gasteiger partial charge on any atom is 0.311 e. The third kappa shape index (κ3) is 11.5. The van der Waals surface area contributed by atoms with Crippen molar-refractivity contribution in [3.63, 3.8) is 0 Å². The molecule has 0 bridgehead atoms. The maximum absolute atomic E-state index is 13.3. The van der Waals surface area contributed by atoms with Crippen LogP contribution >= 0.6 is 23.5 Å². The van der Waals surface area contributed by atoms with Gasteiger partial charge in [-0.1, -0.05) is 115 Å². The number of thioether (sulfide) groups is 1. The van der Waals surface area contributed by atoms with Gasteiger partial charge < -0.3 is 30.3 Å². The number of amides is 2. The van der Waals surface area contributed by atoms with E-state index in [1.807, 2.05) is 99.6 Å². The zero-order valence-electron chi connectivity index (χ0n) is 41.2. The van der Waals surface area contributed by atoms with Gasteiger partial charge in [0.2, 0.25) is 16.1 Å². The van der Waals surface area contributed by atoms with E-state index in [2.05, 4.69) is 41.7 Å². The number of hydrogen-bond acceptors (Lipinski definition) is 16. The first-order valence-electron chi connectivity index (χ1n) is 23.5. The van der Waals surface area contributed by atoms with E-state index in [4.69, 9.17) is 9.47 Å². The fourth-order valence-electron chi connectivity index (χ4n) is 7.99. The van der Waals surface area contributed by atoms with E-state index in [0.717, 1.165) is 32.7 Å². The van der Waals surface area contributed by atoms with E-state index >= 15 is 0 Å². The first kappa shape index (κ1) is 51.6. The molecule has 0 fully saturated rings. The lowest BCUT2D eigenvalue weighted by atomic mass is 10.0. The molecule has 0 aliphatic rings. The topological polar surface area (TPSA) is 247 Å². The predicted molar refractivity (Wildman–Crippen MR) is 290 cm³/mol. The molecule has 0 unspecified atom stereocenters. The maximum atomic E-state index is 13.3. The summed E-state index contributed by atoms with van der Waals surface area (Å²) in [4.78, 5) is 38.8. The Morgan fingerprint density at radius 1 is 0.645 bits per heavy atom. The van der Waals surface area contributed by atoms with E-state index in [1.54, 1.807) is 71.1 Å². The molecule has 0 saturated heterocycles. The van der Waals surface area contributed by atoms with Crippen molar-refractivity contribution in [2.75, 3.05) is 17.7 Å². The summed E-state index contributed by atoms with van der Waals surface area (Å²) in [5.74, 6) is 0.0572. The van der Waals surface area contributed by atoms with Crippen LogP contribution in [0.3, 0.4) is 0 Å². The Kier molecular flexibility index (Phi) is 15.8. The molecule has 4 N–H and O–H groups in total. The molecule has 0 saturated carbocycles.